The zero-order valence-electron chi connectivity index (χ0n) is 12.7. The number of phenolic OH excluding ortho intramolecular Hbond substituents is 1. The summed E-state index contributed by atoms with van der Waals surface area (Å²) in [4.78, 5) is 12.3. The predicted octanol–water partition coefficient (Wildman–Crippen LogP) is 2.35. The molecular formula is C17H26N2O2. The van der Waals surface area contributed by atoms with Crippen molar-refractivity contribution in [2.45, 2.75) is 57.5 Å². The van der Waals surface area contributed by atoms with Gasteiger partial charge in [-0.1, -0.05) is 38.3 Å². The molecular weight excluding hydrogens is 264 g/mol. The Labute approximate surface area is 126 Å². The molecule has 0 bridgehead atoms. The van der Waals surface area contributed by atoms with Crippen LogP contribution >= 0.6 is 0 Å². The first kappa shape index (κ1) is 15.8. The highest BCUT2D eigenvalue weighted by atomic mass is 16.3. The summed E-state index contributed by atoms with van der Waals surface area (Å²) in [6.45, 7) is 2.19. The maximum absolute atomic E-state index is 12.3. The Balaban J connectivity index is 1.88. The number of phenols is 1. The fourth-order valence-electron chi connectivity index (χ4n) is 3.15. The van der Waals surface area contributed by atoms with Gasteiger partial charge in [0.25, 0.3) is 0 Å². The number of hydrogen-bond donors (Lipinski definition) is 3. The first-order chi connectivity index (χ1) is 10.1. The van der Waals surface area contributed by atoms with Gasteiger partial charge in [-0.3, -0.25) is 4.79 Å². The third-order valence-electron chi connectivity index (χ3n) is 4.49. The van der Waals surface area contributed by atoms with Gasteiger partial charge in [-0.15, -0.1) is 0 Å². The Morgan fingerprint density at radius 1 is 1.33 bits per heavy atom. The van der Waals surface area contributed by atoms with Gasteiger partial charge in [0, 0.05) is 6.04 Å². The molecule has 1 aromatic carbocycles. The molecule has 4 nitrogen and oxygen atoms in total. The van der Waals surface area contributed by atoms with E-state index in [1.165, 1.54) is 19.3 Å². The highest BCUT2D eigenvalue weighted by molar-refractivity contribution is 5.82. The van der Waals surface area contributed by atoms with Gasteiger partial charge < -0.3 is 16.2 Å². The van der Waals surface area contributed by atoms with E-state index in [1.807, 2.05) is 0 Å². The zero-order valence-corrected chi connectivity index (χ0v) is 12.7. The van der Waals surface area contributed by atoms with Crippen molar-refractivity contribution < 1.29 is 9.90 Å². The molecule has 1 saturated carbocycles. The number of hydrogen-bond acceptors (Lipinski definition) is 3. The first-order valence-electron chi connectivity index (χ1n) is 7.94. The van der Waals surface area contributed by atoms with Gasteiger partial charge in [-0.25, -0.2) is 0 Å². The summed E-state index contributed by atoms with van der Waals surface area (Å²) >= 11 is 0. The molecule has 2 rings (SSSR count). The van der Waals surface area contributed by atoms with E-state index in [1.54, 1.807) is 24.3 Å². The Bertz CT molecular complexity index is 458. The largest absolute Gasteiger partial charge is 0.508 e. The van der Waals surface area contributed by atoms with E-state index in [-0.39, 0.29) is 17.7 Å². The molecule has 0 radical (unpaired) electrons. The number of nitrogens with two attached hydrogens (primary N) is 1. The number of amides is 1. The Morgan fingerprint density at radius 2 is 2.00 bits per heavy atom. The molecule has 0 aliphatic heterocycles. The first-order valence-corrected chi connectivity index (χ1v) is 7.94. The Kier molecular flexibility index (Phi) is 5.62. The highest BCUT2D eigenvalue weighted by Crippen LogP contribution is 2.26. The van der Waals surface area contributed by atoms with Gasteiger partial charge in [0.1, 0.15) is 5.75 Å². The minimum Gasteiger partial charge on any atom is -0.508 e. The van der Waals surface area contributed by atoms with Gasteiger partial charge in [-0.2, -0.15) is 0 Å². The number of carbonyl (C=O) groups excluding carboxylic acids is 1. The minimum absolute atomic E-state index is 0.0616. The maximum Gasteiger partial charge on any atom is 0.237 e. The molecule has 1 aliphatic rings. The fraction of sp³-hybridized carbons (Fsp3) is 0.588. The zero-order chi connectivity index (χ0) is 15.2. The van der Waals surface area contributed by atoms with Crippen LogP contribution in [0.25, 0.3) is 0 Å². The van der Waals surface area contributed by atoms with Crippen molar-refractivity contribution in [2.24, 2.45) is 11.7 Å². The number of aromatic hydroxyl groups is 1. The van der Waals surface area contributed by atoms with Crippen molar-refractivity contribution in [2.75, 3.05) is 0 Å². The van der Waals surface area contributed by atoms with E-state index >= 15 is 0 Å². The van der Waals surface area contributed by atoms with E-state index < -0.39 is 6.04 Å². The van der Waals surface area contributed by atoms with E-state index in [0.717, 1.165) is 18.4 Å². The second-order valence-corrected chi connectivity index (χ2v) is 6.04. The minimum atomic E-state index is -0.533. The summed E-state index contributed by atoms with van der Waals surface area (Å²) in [7, 11) is 0. The third kappa shape index (κ3) is 4.46. The van der Waals surface area contributed by atoms with E-state index in [2.05, 4.69) is 12.2 Å². The molecule has 0 heterocycles. The molecule has 1 aromatic rings. The van der Waals surface area contributed by atoms with E-state index in [9.17, 15) is 9.90 Å². The number of rotatable bonds is 5. The summed E-state index contributed by atoms with van der Waals surface area (Å²) in [5, 5.41) is 12.4. The van der Waals surface area contributed by atoms with Gasteiger partial charge in [0.05, 0.1) is 6.04 Å². The lowest BCUT2D eigenvalue weighted by Crippen LogP contribution is -2.49. The van der Waals surface area contributed by atoms with E-state index in [4.69, 9.17) is 5.73 Å². The molecule has 4 heteroatoms. The molecule has 0 aromatic heterocycles. The standard InChI is InChI=1S/C17H26N2O2/c1-2-13-5-3-4-6-16(13)19-17(21)15(18)11-12-7-9-14(20)10-8-12/h7-10,13,15-16,20H,2-6,11,18H2,1H3,(H,19,21). The van der Waals surface area contributed by atoms with Crippen LogP contribution in [0.2, 0.25) is 0 Å². The summed E-state index contributed by atoms with van der Waals surface area (Å²) in [6, 6.07) is 6.59. The normalized spacial score (nSPS) is 23.5. The summed E-state index contributed by atoms with van der Waals surface area (Å²) in [6.07, 6.45) is 6.33. The summed E-state index contributed by atoms with van der Waals surface area (Å²) < 4.78 is 0. The maximum atomic E-state index is 12.3. The monoisotopic (exact) mass is 290 g/mol. The van der Waals surface area contributed by atoms with Crippen LogP contribution in [0.4, 0.5) is 0 Å². The fourth-order valence-corrected chi connectivity index (χ4v) is 3.15. The lowest BCUT2D eigenvalue weighted by molar-refractivity contribution is -0.123. The lowest BCUT2D eigenvalue weighted by Gasteiger charge is -2.32. The van der Waals surface area contributed by atoms with Crippen LogP contribution in [0.3, 0.4) is 0 Å². The van der Waals surface area contributed by atoms with Crippen molar-refractivity contribution in [3.63, 3.8) is 0 Å². The smallest absolute Gasteiger partial charge is 0.237 e. The van der Waals surface area contributed by atoms with Gasteiger partial charge in [0.15, 0.2) is 0 Å². The van der Waals surface area contributed by atoms with Crippen molar-refractivity contribution in [3.8, 4) is 5.75 Å². The van der Waals surface area contributed by atoms with E-state index in [0.29, 0.717) is 12.3 Å². The van der Waals surface area contributed by atoms with Gasteiger partial charge in [0.2, 0.25) is 5.91 Å². The molecule has 116 valence electrons. The topological polar surface area (TPSA) is 75.4 Å². The predicted molar refractivity (Wildman–Crippen MR) is 84.0 cm³/mol. The number of carbonyl (C=O) groups is 1. The van der Waals surface area contributed by atoms with Crippen molar-refractivity contribution in [1.29, 1.82) is 0 Å². The Hall–Kier alpha value is -1.55. The summed E-state index contributed by atoms with van der Waals surface area (Å²) in [5.74, 6) is 0.752. The molecule has 1 aliphatic carbocycles. The van der Waals surface area contributed by atoms with Crippen LogP contribution in [0.15, 0.2) is 24.3 Å². The van der Waals surface area contributed by atoms with Crippen LogP contribution in [-0.4, -0.2) is 23.1 Å². The van der Waals surface area contributed by atoms with Crippen LogP contribution in [-0.2, 0) is 11.2 Å². The van der Waals surface area contributed by atoms with Crippen LogP contribution in [0.1, 0.15) is 44.6 Å². The van der Waals surface area contributed by atoms with Gasteiger partial charge in [-0.05, 0) is 42.9 Å². The van der Waals surface area contributed by atoms with Crippen LogP contribution < -0.4 is 11.1 Å². The second kappa shape index (κ2) is 7.46. The van der Waals surface area contributed by atoms with Crippen molar-refractivity contribution in [3.05, 3.63) is 29.8 Å². The Morgan fingerprint density at radius 3 is 2.67 bits per heavy atom. The van der Waals surface area contributed by atoms with Gasteiger partial charge >= 0.3 is 0 Å². The number of nitrogens with one attached hydrogen (secondary N) is 1. The molecule has 3 atom stereocenters. The molecule has 1 amide bonds. The van der Waals surface area contributed by atoms with Crippen LogP contribution in [0.5, 0.6) is 5.75 Å². The quantitative estimate of drug-likeness (QED) is 0.779. The molecule has 4 N–H and O–H groups in total. The molecule has 21 heavy (non-hydrogen) atoms. The number of benzene rings is 1. The summed E-state index contributed by atoms with van der Waals surface area (Å²) in [5.41, 5.74) is 6.98. The average molecular weight is 290 g/mol. The SMILES string of the molecule is CCC1CCCCC1NC(=O)C(N)Cc1ccc(O)cc1. The molecule has 1 fully saturated rings. The van der Waals surface area contributed by atoms with Crippen molar-refractivity contribution >= 4 is 5.91 Å². The highest BCUT2D eigenvalue weighted by Gasteiger charge is 2.26. The lowest BCUT2D eigenvalue weighted by atomic mass is 9.82. The average Bonchev–Trinajstić information content (AvgIpc) is 2.50. The van der Waals surface area contributed by atoms with Crippen molar-refractivity contribution in [1.82, 2.24) is 5.32 Å². The second-order valence-electron chi connectivity index (χ2n) is 6.04. The molecule has 0 spiro atoms. The third-order valence-corrected chi connectivity index (χ3v) is 4.49. The van der Waals surface area contributed by atoms with Crippen LogP contribution in [0, 0.1) is 5.92 Å². The molecule has 3 unspecified atom stereocenters. The molecule has 0 saturated heterocycles.